The van der Waals surface area contributed by atoms with Gasteiger partial charge in [-0.1, -0.05) is 23.7 Å². The van der Waals surface area contributed by atoms with E-state index >= 15 is 0 Å². The van der Waals surface area contributed by atoms with Gasteiger partial charge >= 0.3 is 0 Å². The number of piperazine rings is 1. The average Bonchev–Trinajstić information content (AvgIpc) is 2.70. The van der Waals surface area contributed by atoms with Gasteiger partial charge in [0.15, 0.2) is 12.4 Å². The molecule has 2 aliphatic rings. The van der Waals surface area contributed by atoms with Gasteiger partial charge in [-0.05, 0) is 17.7 Å². The van der Waals surface area contributed by atoms with Gasteiger partial charge in [0.05, 0.1) is 25.0 Å². The zero-order chi connectivity index (χ0) is 18.8. The second-order valence-corrected chi connectivity index (χ2v) is 7.07. The Bertz CT molecular complexity index is 857. The molecule has 2 heterocycles. The molecule has 0 radical (unpaired) electrons. The van der Waals surface area contributed by atoms with E-state index in [9.17, 15) is 4.79 Å². The van der Waals surface area contributed by atoms with E-state index in [0.717, 1.165) is 48.9 Å². The normalized spacial score (nSPS) is 16.1. The van der Waals surface area contributed by atoms with E-state index in [1.807, 2.05) is 36.4 Å². The van der Waals surface area contributed by atoms with Gasteiger partial charge in [-0.25, -0.2) is 0 Å². The van der Waals surface area contributed by atoms with Crippen LogP contribution < -0.4 is 24.6 Å². The lowest BCUT2D eigenvalue weighted by atomic mass is 10.1. The first-order valence-electron chi connectivity index (χ1n) is 9.01. The first-order valence-corrected chi connectivity index (χ1v) is 9.39. The summed E-state index contributed by atoms with van der Waals surface area (Å²) in [5.74, 6) is 1.36. The maximum Gasteiger partial charge on any atom is 0.265 e. The van der Waals surface area contributed by atoms with Crippen LogP contribution in [0.4, 0.5) is 11.4 Å². The minimum Gasteiger partial charge on any atom is -0.497 e. The van der Waals surface area contributed by atoms with E-state index in [2.05, 4.69) is 10.2 Å². The minimum absolute atomic E-state index is 0. The van der Waals surface area contributed by atoms with Crippen molar-refractivity contribution in [1.29, 1.82) is 0 Å². The van der Waals surface area contributed by atoms with Crippen molar-refractivity contribution in [2.75, 3.05) is 49.7 Å². The number of benzene rings is 2. The van der Waals surface area contributed by atoms with Crippen LogP contribution in [0.5, 0.6) is 11.5 Å². The van der Waals surface area contributed by atoms with Crippen LogP contribution >= 0.6 is 24.0 Å². The predicted octanol–water partition coefficient (Wildman–Crippen LogP) is 3.11. The number of carbonyl (C=O) groups excluding carboxylic acids is 1. The number of carbonyl (C=O) groups is 1. The van der Waals surface area contributed by atoms with E-state index in [0.29, 0.717) is 17.3 Å². The zero-order valence-electron chi connectivity index (χ0n) is 15.6. The number of halogens is 2. The highest BCUT2D eigenvalue weighted by Gasteiger charge is 2.30. The van der Waals surface area contributed by atoms with Crippen molar-refractivity contribution in [3.63, 3.8) is 0 Å². The molecule has 1 saturated heterocycles. The summed E-state index contributed by atoms with van der Waals surface area (Å²) in [6.07, 6.45) is 0. The molecule has 0 atom stereocenters. The van der Waals surface area contributed by atoms with Gasteiger partial charge in [0.2, 0.25) is 0 Å². The molecule has 0 aliphatic carbocycles. The van der Waals surface area contributed by atoms with Gasteiger partial charge in [-0.3, -0.25) is 4.79 Å². The molecule has 0 unspecified atom stereocenters. The van der Waals surface area contributed by atoms with Gasteiger partial charge < -0.3 is 24.6 Å². The van der Waals surface area contributed by atoms with Crippen molar-refractivity contribution >= 4 is 41.3 Å². The SMILES string of the molecule is COc1cc(N2CCNCC2)c2c(c1)N(Cc1cccc(Cl)c1)C(=O)CO2.Cl. The Morgan fingerprint density at radius 1 is 1.18 bits per heavy atom. The molecule has 1 fully saturated rings. The molecule has 6 nitrogen and oxygen atoms in total. The summed E-state index contributed by atoms with van der Waals surface area (Å²) in [5, 5.41) is 4.01. The van der Waals surface area contributed by atoms with Crippen molar-refractivity contribution in [1.82, 2.24) is 5.32 Å². The van der Waals surface area contributed by atoms with Crippen molar-refractivity contribution in [2.45, 2.75) is 6.54 Å². The van der Waals surface area contributed by atoms with Crippen LogP contribution in [0.3, 0.4) is 0 Å². The molecule has 28 heavy (non-hydrogen) atoms. The monoisotopic (exact) mass is 423 g/mol. The number of nitrogens with one attached hydrogen (secondary N) is 1. The van der Waals surface area contributed by atoms with Crippen LogP contribution in [0.25, 0.3) is 0 Å². The van der Waals surface area contributed by atoms with Gasteiger partial charge in [0, 0.05) is 43.3 Å². The summed E-state index contributed by atoms with van der Waals surface area (Å²) in [5.41, 5.74) is 2.67. The van der Waals surface area contributed by atoms with E-state index in [-0.39, 0.29) is 24.9 Å². The Morgan fingerprint density at radius 3 is 2.64 bits per heavy atom. The van der Waals surface area contributed by atoms with E-state index in [4.69, 9.17) is 21.1 Å². The highest BCUT2D eigenvalue weighted by atomic mass is 35.5. The molecule has 0 saturated carbocycles. The number of nitrogens with zero attached hydrogens (tertiary/aromatic N) is 2. The second-order valence-electron chi connectivity index (χ2n) is 6.63. The molecule has 0 aromatic heterocycles. The first kappa shape index (κ1) is 20.6. The quantitative estimate of drug-likeness (QED) is 0.818. The third-order valence-corrected chi connectivity index (χ3v) is 5.11. The Labute approximate surface area is 175 Å². The highest BCUT2D eigenvalue weighted by Crippen LogP contribution is 2.44. The van der Waals surface area contributed by atoms with E-state index in [1.54, 1.807) is 12.0 Å². The second kappa shape index (κ2) is 8.90. The topological polar surface area (TPSA) is 54.0 Å². The molecule has 2 aromatic carbocycles. The molecule has 150 valence electrons. The van der Waals surface area contributed by atoms with Crippen LogP contribution in [0.15, 0.2) is 36.4 Å². The highest BCUT2D eigenvalue weighted by molar-refractivity contribution is 6.30. The van der Waals surface area contributed by atoms with Crippen LogP contribution in [-0.2, 0) is 11.3 Å². The standard InChI is InChI=1S/C20H22ClN3O3.ClH/c1-26-16-10-17(23-7-5-22-6-8-23)20-18(11-16)24(19(25)13-27-20)12-14-3-2-4-15(21)9-14;/h2-4,9-11,22H,5-8,12-13H2,1H3;1H. The van der Waals surface area contributed by atoms with Gasteiger partial charge in [0.1, 0.15) is 5.75 Å². The summed E-state index contributed by atoms with van der Waals surface area (Å²) >= 11 is 6.11. The number of rotatable bonds is 4. The summed E-state index contributed by atoms with van der Waals surface area (Å²) in [7, 11) is 1.63. The lowest BCUT2D eigenvalue weighted by molar-refractivity contribution is -0.121. The third-order valence-electron chi connectivity index (χ3n) is 4.88. The van der Waals surface area contributed by atoms with Gasteiger partial charge in [-0.15, -0.1) is 12.4 Å². The van der Waals surface area contributed by atoms with E-state index < -0.39 is 0 Å². The molecule has 2 aliphatic heterocycles. The fourth-order valence-electron chi connectivity index (χ4n) is 3.52. The van der Waals surface area contributed by atoms with Crippen LogP contribution in [0.1, 0.15) is 5.56 Å². The molecular formula is C20H23Cl2N3O3. The lowest BCUT2D eigenvalue weighted by Gasteiger charge is -2.36. The third kappa shape index (κ3) is 4.14. The van der Waals surface area contributed by atoms with Crippen molar-refractivity contribution in [3.05, 3.63) is 47.0 Å². The smallest absolute Gasteiger partial charge is 0.265 e. The fourth-order valence-corrected chi connectivity index (χ4v) is 3.73. The van der Waals surface area contributed by atoms with Crippen molar-refractivity contribution < 1.29 is 14.3 Å². The molecule has 0 spiro atoms. The van der Waals surface area contributed by atoms with Crippen molar-refractivity contribution in [3.8, 4) is 11.5 Å². The Morgan fingerprint density at radius 2 is 1.93 bits per heavy atom. The van der Waals surface area contributed by atoms with Crippen LogP contribution in [-0.4, -0.2) is 45.8 Å². The number of amides is 1. The number of anilines is 2. The number of hydrogen-bond donors (Lipinski definition) is 1. The van der Waals surface area contributed by atoms with Gasteiger partial charge in [-0.2, -0.15) is 0 Å². The summed E-state index contributed by atoms with van der Waals surface area (Å²) in [6.45, 7) is 4.05. The number of fused-ring (bicyclic) bond motifs is 1. The fraction of sp³-hybridized carbons (Fsp3) is 0.350. The van der Waals surface area contributed by atoms with E-state index in [1.165, 1.54) is 0 Å². The summed E-state index contributed by atoms with van der Waals surface area (Å²) < 4.78 is 11.4. The largest absolute Gasteiger partial charge is 0.497 e. The molecule has 1 amide bonds. The number of ether oxygens (including phenoxy) is 2. The lowest BCUT2D eigenvalue weighted by Crippen LogP contribution is -2.44. The molecular weight excluding hydrogens is 401 g/mol. The van der Waals surface area contributed by atoms with Crippen LogP contribution in [0, 0.1) is 0 Å². The maximum atomic E-state index is 12.6. The first-order chi connectivity index (χ1) is 13.2. The van der Waals surface area contributed by atoms with Gasteiger partial charge in [0.25, 0.3) is 5.91 Å². The van der Waals surface area contributed by atoms with Crippen LogP contribution in [0.2, 0.25) is 5.02 Å². The molecule has 1 N–H and O–H groups in total. The number of hydrogen-bond acceptors (Lipinski definition) is 5. The molecule has 2 aromatic rings. The average molecular weight is 424 g/mol. The Balaban J connectivity index is 0.00000225. The molecule has 0 bridgehead atoms. The Hall–Kier alpha value is -2.15. The van der Waals surface area contributed by atoms with Crippen molar-refractivity contribution in [2.24, 2.45) is 0 Å². The molecule has 8 heteroatoms. The summed E-state index contributed by atoms with van der Waals surface area (Å²) in [6, 6.07) is 11.4. The molecule has 4 rings (SSSR count). The maximum absolute atomic E-state index is 12.6. The minimum atomic E-state index is -0.0815. The summed E-state index contributed by atoms with van der Waals surface area (Å²) in [4.78, 5) is 16.7. The predicted molar refractivity (Wildman–Crippen MR) is 113 cm³/mol. The zero-order valence-corrected chi connectivity index (χ0v) is 17.2. The number of methoxy groups -OCH3 is 1. The Kier molecular flexibility index (Phi) is 6.54.